The minimum absolute atomic E-state index is 0.00848. The zero-order valence-corrected chi connectivity index (χ0v) is 19.8. The number of fused-ring (bicyclic) bond motifs is 1. The Balaban J connectivity index is 1.40. The molecule has 1 N–H and O–H groups in total. The summed E-state index contributed by atoms with van der Waals surface area (Å²) < 4.78 is 33.1. The van der Waals surface area contributed by atoms with Gasteiger partial charge in [-0.25, -0.2) is 13.2 Å². The third-order valence-electron chi connectivity index (χ3n) is 5.46. The molecule has 0 saturated heterocycles. The fourth-order valence-corrected chi connectivity index (χ4v) is 5.44. The number of esters is 1. The molecule has 0 fully saturated rings. The highest BCUT2D eigenvalue weighted by molar-refractivity contribution is 7.92. The van der Waals surface area contributed by atoms with Crippen molar-refractivity contribution in [2.45, 2.75) is 24.3 Å². The molecular formula is C25H23ClN2O5S. The van der Waals surface area contributed by atoms with E-state index in [1.54, 1.807) is 36.4 Å². The molecule has 1 aliphatic rings. The number of amides is 1. The second kappa shape index (κ2) is 10.3. The van der Waals surface area contributed by atoms with Crippen LogP contribution in [0.4, 0.5) is 5.69 Å². The van der Waals surface area contributed by atoms with E-state index in [1.165, 1.54) is 28.6 Å². The standard InChI is InChI=1S/C25H23ClN2O5S/c26-21-12-10-18(11-13-21)16-27-24(29)17-33-25(30)20-6-3-8-22(15-20)34(31,32)28-14-4-7-19-5-1-2-9-23(19)28/h1-3,5-6,8-13,15H,4,7,14,16-17H2,(H,27,29). The van der Waals surface area contributed by atoms with E-state index in [2.05, 4.69) is 5.32 Å². The van der Waals surface area contributed by atoms with Crippen molar-refractivity contribution >= 4 is 39.2 Å². The van der Waals surface area contributed by atoms with Crippen molar-refractivity contribution in [1.29, 1.82) is 0 Å². The number of para-hydroxylation sites is 1. The molecule has 3 aromatic carbocycles. The molecule has 9 heteroatoms. The Morgan fingerprint density at radius 2 is 1.76 bits per heavy atom. The van der Waals surface area contributed by atoms with E-state index in [-0.39, 0.29) is 17.0 Å². The predicted molar refractivity (Wildman–Crippen MR) is 129 cm³/mol. The van der Waals surface area contributed by atoms with Crippen LogP contribution in [0.15, 0.2) is 77.7 Å². The first-order valence-electron chi connectivity index (χ1n) is 10.7. The van der Waals surface area contributed by atoms with Crippen LogP contribution in [0.3, 0.4) is 0 Å². The quantitative estimate of drug-likeness (QED) is 0.498. The van der Waals surface area contributed by atoms with Crippen molar-refractivity contribution < 1.29 is 22.7 Å². The van der Waals surface area contributed by atoms with Gasteiger partial charge in [0, 0.05) is 18.1 Å². The molecule has 1 aliphatic heterocycles. The van der Waals surface area contributed by atoms with Gasteiger partial charge in [-0.1, -0.05) is 48.0 Å². The first-order valence-corrected chi connectivity index (χ1v) is 12.6. The molecule has 3 aromatic rings. The lowest BCUT2D eigenvalue weighted by Gasteiger charge is -2.30. The van der Waals surface area contributed by atoms with Gasteiger partial charge in [0.15, 0.2) is 6.61 Å². The van der Waals surface area contributed by atoms with Gasteiger partial charge in [-0.05, 0) is 60.4 Å². The van der Waals surface area contributed by atoms with Crippen LogP contribution in [0.5, 0.6) is 0 Å². The van der Waals surface area contributed by atoms with Gasteiger partial charge in [-0.2, -0.15) is 0 Å². The van der Waals surface area contributed by atoms with Gasteiger partial charge < -0.3 is 10.1 Å². The van der Waals surface area contributed by atoms with Gasteiger partial charge in [-0.15, -0.1) is 0 Å². The van der Waals surface area contributed by atoms with Gasteiger partial charge in [0.05, 0.1) is 16.1 Å². The average molecular weight is 499 g/mol. The fraction of sp³-hybridized carbons (Fsp3) is 0.200. The summed E-state index contributed by atoms with van der Waals surface area (Å²) in [4.78, 5) is 24.5. The van der Waals surface area contributed by atoms with E-state index in [9.17, 15) is 18.0 Å². The number of carbonyl (C=O) groups is 2. The van der Waals surface area contributed by atoms with Crippen LogP contribution in [0.1, 0.15) is 27.9 Å². The minimum Gasteiger partial charge on any atom is -0.452 e. The summed E-state index contributed by atoms with van der Waals surface area (Å²) in [5.74, 6) is -1.25. The van der Waals surface area contributed by atoms with Crippen LogP contribution in [-0.2, 0) is 32.5 Å². The Hall–Kier alpha value is -3.36. The molecule has 0 aliphatic carbocycles. The second-order valence-corrected chi connectivity index (χ2v) is 10.1. The van der Waals surface area contributed by atoms with Crippen LogP contribution in [0.2, 0.25) is 5.02 Å². The molecule has 0 atom stereocenters. The average Bonchev–Trinajstić information content (AvgIpc) is 2.86. The van der Waals surface area contributed by atoms with Crippen LogP contribution >= 0.6 is 11.6 Å². The first-order chi connectivity index (χ1) is 16.3. The Morgan fingerprint density at radius 1 is 1.00 bits per heavy atom. The molecule has 0 saturated carbocycles. The SMILES string of the molecule is O=C(COC(=O)c1cccc(S(=O)(=O)N2CCCc3ccccc32)c1)NCc1ccc(Cl)cc1. The molecule has 0 bridgehead atoms. The van der Waals surface area contributed by atoms with Crippen molar-refractivity contribution in [3.8, 4) is 0 Å². The number of halogens is 1. The number of hydrogen-bond donors (Lipinski definition) is 1. The zero-order chi connectivity index (χ0) is 24.1. The summed E-state index contributed by atoms with van der Waals surface area (Å²) in [6.07, 6.45) is 1.53. The molecule has 0 radical (unpaired) electrons. The second-order valence-electron chi connectivity index (χ2n) is 7.82. The maximum atomic E-state index is 13.3. The number of anilines is 1. The van der Waals surface area contributed by atoms with E-state index in [4.69, 9.17) is 16.3 Å². The number of sulfonamides is 1. The Bertz CT molecular complexity index is 1310. The Morgan fingerprint density at radius 3 is 2.56 bits per heavy atom. The molecule has 34 heavy (non-hydrogen) atoms. The topological polar surface area (TPSA) is 92.8 Å². The number of hydrogen-bond acceptors (Lipinski definition) is 5. The number of aryl methyl sites for hydroxylation is 1. The molecule has 7 nitrogen and oxygen atoms in total. The van der Waals surface area contributed by atoms with E-state index in [1.807, 2.05) is 12.1 Å². The summed E-state index contributed by atoms with van der Waals surface area (Å²) in [6, 6.07) is 20.0. The number of benzene rings is 3. The zero-order valence-electron chi connectivity index (χ0n) is 18.2. The van der Waals surface area contributed by atoms with Gasteiger partial charge >= 0.3 is 5.97 Å². The summed E-state index contributed by atoms with van der Waals surface area (Å²) >= 11 is 5.84. The van der Waals surface area contributed by atoms with Crippen LogP contribution < -0.4 is 9.62 Å². The highest BCUT2D eigenvalue weighted by Gasteiger charge is 2.29. The highest BCUT2D eigenvalue weighted by atomic mass is 35.5. The van der Waals surface area contributed by atoms with Crippen molar-refractivity contribution in [3.63, 3.8) is 0 Å². The summed E-state index contributed by atoms with van der Waals surface area (Å²) in [5.41, 5.74) is 2.52. The smallest absolute Gasteiger partial charge is 0.338 e. The monoisotopic (exact) mass is 498 g/mol. The predicted octanol–water partition coefficient (Wildman–Crippen LogP) is 3.95. The first kappa shape index (κ1) is 23.8. The van der Waals surface area contributed by atoms with E-state index in [0.717, 1.165) is 17.5 Å². The van der Waals surface area contributed by atoms with Crippen LogP contribution in [-0.4, -0.2) is 33.4 Å². The third-order valence-corrected chi connectivity index (χ3v) is 7.52. The van der Waals surface area contributed by atoms with Crippen molar-refractivity contribution in [2.24, 2.45) is 0 Å². The maximum absolute atomic E-state index is 13.3. The van der Waals surface area contributed by atoms with Crippen molar-refractivity contribution in [1.82, 2.24) is 5.32 Å². The molecule has 1 amide bonds. The minimum atomic E-state index is -3.87. The van der Waals surface area contributed by atoms with Gasteiger partial charge in [0.25, 0.3) is 15.9 Å². The lowest BCUT2D eigenvalue weighted by atomic mass is 10.0. The van der Waals surface area contributed by atoms with Crippen molar-refractivity contribution in [3.05, 3.63) is 94.5 Å². The number of carbonyl (C=O) groups excluding carboxylic acids is 2. The number of ether oxygens (including phenoxy) is 1. The molecule has 4 rings (SSSR count). The molecular weight excluding hydrogens is 476 g/mol. The normalized spacial score (nSPS) is 13.1. The summed E-state index contributed by atoms with van der Waals surface area (Å²) in [7, 11) is -3.87. The molecule has 0 aromatic heterocycles. The summed E-state index contributed by atoms with van der Waals surface area (Å²) in [5, 5.41) is 3.25. The van der Waals surface area contributed by atoms with E-state index in [0.29, 0.717) is 23.7 Å². The van der Waals surface area contributed by atoms with Crippen LogP contribution in [0.25, 0.3) is 0 Å². The Labute approximate surface area is 203 Å². The van der Waals surface area contributed by atoms with Crippen LogP contribution in [0, 0.1) is 0 Å². The number of rotatable bonds is 7. The lowest BCUT2D eigenvalue weighted by Crippen LogP contribution is -2.35. The highest BCUT2D eigenvalue weighted by Crippen LogP contribution is 2.32. The summed E-state index contributed by atoms with van der Waals surface area (Å²) in [6.45, 7) is 0.142. The van der Waals surface area contributed by atoms with Gasteiger partial charge in [-0.3, -0.25) is 9.10 Å². The van der Waals surface area contributed by atoms with Gasteiger partial charge in [0.2, 0.25) is 0 Å². The molecule has 176 valence electrons. The number of nitrogens with one attached hydrogen (secondary N) is 1. The Kier molecular flexibility index (Phi) is 7.19. The molecule has 1 heterocycles. The fourth-order valence-electron chi connectivity index (χ4n) is 3.73. The largest absolute Gasteiger partial charge is 0.452 e. The molecule has 0 spiro atoms. The maximum Gasteiger partial charge on any atom is 0.338 e. The molecule has 0 unspecified atom stereocenters. The van der Waals surface area contributed by atoms with E-state index < -0.39 is 28.5 Å². The van der Waals surface area contributed by atoms with Gasteiger partial charge in [0.1, 0.15) is 0 Å². The van der Waals surface area contributed by atoms with Crippen molar-refractivity contribution in [2.75, 3.05) is 17.5 Å². The third kappa shape index (κ3) is 5.40. The lowest BCUT2D eigenvalue weighted by molar-refractivity contribution is -0.124. The number of nitrogens with zero attached hydrogens (tertiary/aromatic N) is 1. The van der Waals surface area contributed by atoms with E-state index >= 15 is 0 Å².